The Morgan fingerprint density at radius 2 is 2.00 bits per heavy atom. The van der Waals surface area contributed by atoms with Crippen molar-refractivity contribution >= 4 is 17.6 Å². The van der Waals surface area contributed by atoms with Crippen molar-refractivity contribution in [3.63, 3.8) is 0 Å². The quantitative estimate of drug-likeness (QED) is 0.910. The topological polar surface area (TPSA) is 52.7 Å². The minimum absolute atomic E-state index is 0.0476. The summed E-state index contributed by atoms with van der Waals surface area (Å²) in [7, 11) is 0. The predicted molar refractivity (Wildman–Crippen MR) is 85.7 cm³/mol. The molecule has 0 spiro atoms. The highest BCUT2D eigenvalue weighted by Gasteiger charge is 2.33. The molecule has 0 saturated carbocycles. The lowest BCUT2D eigenvalue weighted by Gasteiger charge is -2.34. The number of hydrogen-bond acceptors (Lipinski definition) is 2. The van der Waals surface area contributed by atoms with Crippen molar-refractivity contribution in [2.45, 2.75) is 44.7 Å². The molecule has 0 radical (unpaired) electrons. The van der Waals surface area contributed by atoms with Crippen LogP contribution in [0, 0.1) is 5.82 Å². The van der Waals surface area contributed by atoms with Crippen LogP contribution in [-0.2, 0) is 4.79 Å². The molecule has 1 aromatic rings. The molecule has 3 rings (SSSR count). The maximum Gasteiger partial charge on any atom is 0.317 e. The van der Waals surface area contributed by atoms with Gasteiger partial charge in [-0.3, -0.25) is 4.79 Å². The van der Waals surface area contributed by atoms with Crippen LogP contribution in [0.4, 0.5) is 14.9 Å². The van der Waals surface area contributed by atoms with Crippen molar-refractivity contribution in [3.8, 4) is 0 Å². The Balaban J connectivity index is 1.61. The number of amides is 3. The molecule has 2 fully saturated rings. The first-order valence-corrected chi connectivity index (χ1v) is 8.17. The summed E-state index contributed by atoms with van der Waals surface area (Å²) in [5.41, 5.74) is 0.666. The molecular formula is C17H22FN3O2. The number of halogens is 1. The minimum atomic E-state index is -0.329. The number of anilines is 1. The van der Waals surface area contributed by atoms with Crippen LogP contribution in [0.1, 0.15) is 32.6 Å². The smallest absolute Gasteiger partial charge is 0.317 e. The Labute approximate surface area is 135 Å². The zero-order valence-electron chi connectivity index (χ0n) is 13.3. The summed E-state index contributed by atoms with van der Waals surface area (Å²) < 4.78 is 13.0. The second-order valence-electron chi connectivity index (χ2n) is 6.37. The highest BCUT2D eigenvalue weighted by molar-refractivity contribution is 5.96. The fourth-order valence-electron chi connectivity index (χ4n) is 3.33. The van der Waals surface area contributed by atoms with E-state index in [2.05, 4.69) is 12.2 Å². The van der Waals surface area contributed by atoms with Crippen LogP contribution in [0.25, 0.3) is 0 Å². The predicted octanol–water partition coefficient (Wildman–Crippen LogP) is 2.52. The van der Waals surface area contributed by atoms with Crippen LogP contribution in [0.15, 0.2) is 24.3 Å². The van der Waals surface area contributed by atoms with E-state index in [4.69, 9.17) is 0 Å². The zero-order valence-corrected chi connectivity index (χ0v) is 13.3. The van der Waals surface area contributed by atoms with E-state index in [1.54, 1.807) is 17.0 Å². The van der Waals surface area contributed by atoms with Crippen LogP contribution in [0.3, 0.4) is 0 Å². The third kappa shape index (κ3) is 3.46. The molecule has 0 aliphatic carbocycles. The van der Waals surface area contributed by atoms with Gasteiger partial charge in [-0.05, 0) is 50.5 Å². The highest BCUT2D eigenvalue weighted by atomic mass is 19.1. The lowest BCUT2D eigenvalue weighted by atomic mass is 10.0. The average Bonchev–Trinajstić information content (AvgIpc) is 2.89. The molecule has 3 amide bonds. The van der Waals surface area contributed by atoms with Crippen LogP contribution < -0.4 is 10.2 Å². The first-order chi connectivity index (χ1) is 11.0. The van der Waals surface area contributed by atoms with Crippen LogP contribution in [0.2, 0.25) is 0 Å². The van der Waals surface area contributed by atoms with Gasteiger partial charge in [0.2, 0.25) is 5.91 Å². The Kier molecular flexibility index (Phi) is 4.50. The number of hydrogen-bond donors (Lipinski definition) is 1. The normalized spacial score (nSPS) is 24.9. The standard InChI is InChI=1S/C17H22FN3O2/c1-12-4-2-3-9-20(12)17(23)19-14-10-16(22)21(11-14)15-7-5-13(18)6-8-15/h5-8,12,14H,2-4,9-11H2,1H3,(H,19,23)/t12-,14+/m0/s1. The van der Waals surface area contributed by atoms with E-state index in [-0.39, 0.29) is 36.3 Å². The van der Waals surface area contributed by atoms with Gasteiger partial charge in [-0.1, -0.05) is 0 Å². The van der Waals surface area contributed by atoms with E-state index in [9.17, 15) is 14.0 Å². The SMILES string of the molecule is C[C@H]1CCCCN1C(=O)N[C@@H]1CC(=O)N(c2ccc(F)cc2)C1. The summed E-state index contributed by atoms with van der Waals surface area (Å²) in [6.45, 7) is 3.26. The number of benzene rings is 1. The molecule has 0 aromatic heterocycles. The van der Waals surface area contributed by atoms with Crippen molar-refractivity contribution < 1.29 is 14.0 Å². The van der Waals surface area contributed by atoms with Crippen molar-refractivity contribution in [2.24, 2.45) is 0 Å². The Bertz CT molecular complexity index is 590. The molecular weight excluding hydrogens is 297 g/mol. The zero-order chi connectivity index (χ0) is 16.4. The van der Waals surface area contributed by atoms with Gasteiger partial charge in [-0.15, -0.1) is 0 Å². The van der Waals surface area contributed by atoms with Gasteiger partial charge in [-0.2, -0.15) is 0 Å². The van der Waals surface area contributed by atoms with Crippen LogP contribution >= 0.6 is 0 Å². The fourth-order valence-corrected chi connectivity index (χ4v) is 3.33. The number of rotatable bonds is 2. The number of piperidine rings is 1. The van der Waals surface area contributed by atoms with E-state index in [1.807, 2.05) is 4.90 Å². The molecule has 0 bridgehead atoms. The monoisotopic (exact) mass is 319 g/mol. The Hall–Kier alpha value is -2.11. The minimum Gasteiger partial charge on any atom is -0.333 e. The van der Waals surface area contributed by atoms with Crippen molar-refractivity contribution in [2.75, 3.05) is 18.0 Å². The lowest BCUT2D eigenvalue weighted by molar-refractivity contribution is -0.117. The molecule has 0 unspecified atom stereocenters. The van der Waals surface area contributed by atoms with Gasteiger partial charge in [0.15, 0.2) is 0 Å². The van der Waals surface area contributed by atoms with Gasteiger partial charge in [0, 0.05) is 31.2 Å². The van der Waals surface area contributed by atoms with Crippen LogP contribution in [-0.4, -0.2) is 42.0 Å². The molecule has 124 valence electrons. The Morgan fingerprint density at radius 1 is 1.26 bits per heavy atom. The molecule has 2 aliphatic rings. The molecule has 2 saturated heterocycles. The summed E-state index contributed by atoms with van der Waals surface area (Å²) in [4.78, 5) is 28.0. The molecule has 2 aliphatic heterocycles. The third-order valence-electron chi connectivity index (χ3n) is 4.65. The fraction of sp³-hybridized carbons (Fsp3) is 0.529. The molecule has 5 nitrogen and oxygen atoms in total. The van der Waals surface area contributed by atoms with E-state index in [0.717, 1.165) is 25.8 Å². The molecule has 2 atom stereocenters. The first-order valence-electron chi connectivity index (χ1n) is 8.17. The number of nitrogens with one attached hydrogen (secondary N) is 1. The second-order valence-corrected chi connectivity index (χ2v) is 6.37. The number of carbonyl (C=O) groups excluding carboxylic acids is 2. The lowest BCUT2D eigenvalue weighted by Crippen LogP contribution is -2.50. The number of nitrogens with zero attached hydrogens (tertiary/aromatic N) is 2. The third-order valence-corrected chi connectivity index (χ3v) is 4.65. The van der Waals surface area contributed by atoms with Crippen molar-refractivity contribution in [1.29, 1.82) is 0 Å². The molecule has 2 heterocycles. The maximum absolute atomic E-state index is 13.0. The average molecular weight is 319 g/mol. The van der Waals surface area contributed by atoms with E-state index in [1.165, 1.54) is 12.1 Å². The molecule has 1 aromatic carbocycles. The van der Waals surface area contributed by atoms with Gasteiger partial charge < -0.3 is 15.1 Å². The number of likely N-dealkylation sites (tertiary alicyclic amines) is 1. The summed E-state index contributed by atoms with van der Waals surface area (Å²) in [5, 5.41) is 2.97. The Morgan fingerprint density at radius 3 is 2.70 bits per heavy atom. The van der Waals surface area contributed by atoms with Gasteiger partial charge in [-0.25, -0.2) is 9.18 Å². The number of urea groups is 1. The van der Waals surface area contributed by atoms with Crippen LogP contribution in [0.5, 0.6) is 0 Å². The summed E-state index contributed by atoms with van der Waals surface area (Å²) in [6, 6.07) is 5.81. The number of carbonyl (C=O) groups is 2. The van der Waals surface area contributed by atoms with Gasteiger partial charge in [0.1, 0.15) is 5.82 Å². The molecule has 1 N–H and O–H groups in total. The van der Waals surface area contributed by atoms with Gasteiger partial charge in [0.25, 0.3) is 0 Å². The van der Waals surface area contributed by atoms with E-state index >= 15 is 0 Å². The van der Waals surface area contributed by atoms with Gasteiger partial charge >= 0.3 is 6.03 Å². The summed E-state index contributed by atoms with van der Waals surface area (Å²) in [5.74, 6) is -0.377. The second kappa shape index (κ2) is 6.56. The summed E-state index contributed by atoms with van der Waals surface area (Å²) >= 11 is 0. The molecule has 23 heavy (non-hydrogen) atoms. The van der Waals surface area contributed by atoms with Crippen molar-refractivity contribution in [1.82, 2.24) is 10.2 Å². The molecule has 6 heteroatoms. The summed E-state index contributed by atoms with van der Waals surface area (Å²) in [6.07, 6.45) is 3.50. The largest absolute Gasteiger partial charge is 0.333 e. The van der Waals surface area contributed by atoms with Crippen molar-refractivity contribution in [3.05, 3.63) is 30.1 Å². The highest BCUT2D eigenvalue weighted by Crippen LogP contribution is 2.22. The maximum atomic E-state index is 13.0. The van der Waals surface area contributed by atoms with Gasteiger partial charge in [0.05, 0.1) is 6.04 Å². The first kappa shape index (κ1) is 15.8. The van der Waals surface area contributed by atoms with E-state index in [0.29, 0.717) is 12.2 Å². The van der Waals surface area contributed by atoms with E-state index < -0.39 is 0 Å².